The number of aliphatic hydroxyl groups is 2. The first-order valence-corrected chi connectivity index (χ1v) is 6.87. The highest BCUT2D eigenvalue weighted by Gasteiger charge is 2.54. The molecule has 3 nitrogen and oxygen atoms in total. The Kier molecular flexibility index (Phi) is 5.09. The van der Waals surface area contributed by atoms with Crippen LogP contribution in [-0.2, 0) is 4.79 Å². The summed E-state index contributed by atoms with van der Waals surface area (Å²) in [5.41, 5.74) is -3.78. The highest BCUT2D eigenvalue weighted by atomic mass is 19.4. The largest absolute Gasteiger partial charge is 0.415 e. The zero-order valence-corrected chi connectivity index (χ0v) is 13.0. The van der Waals surface area contributed by atoms with Crippen LogP contribution in [0.4, 0.5) is 13.2 Å². The van der Waals surface area contributed by atoms with Crippen LogP contribution in [0.15, 0.2) is 34.9 Å². The van der Waals surface area contributed by atoms with Crippen molar-refractivity contribution in [3.05, 3.63) is 34.9 Å². The predicted octanol–water partition coefficient (Wildman–Crippen LogP) is 3.09. The number of carbonyl (C=O) groups is 1. The molecule has 1 aliphatic carbocycles. The Labute approximate surface area is 127 Å². The standard InChI is InChI=1S/C16H21F3O3/c1-10(6-8-20)5-7-15(22)11(2)13(16(17,18)19)12(21)9-14(15,3)4/h5-8,12,21-22H,9H2,1-4H3. The Morgan fingerprint density at radius 2 is 1.91 bits per heavy atom. The predicted molar refractivity (Wildman–Crippen MR) is 77.1 cm³/mol. The van der Waals surface area contributed by atoms with Gasteiger partial charge in [-0.15, -0.1) is 0 Å². The minimum absolute atomic E-state index is 0.226. The van der Waals surface area contributed by atoms with Gasteiger partial charge in [-0.05, 0) is 43.6 Å². The summed E-state index contributed by atoms with van der Waals surface area (Å²) in [5.74, 6) is 0. The van der Waals surface area contributed by atoms with Gasteiger partial charge in [-0.3, -0.25) is 4.79 Å². The van der Waals surface area contributed by atoms with Gasteiger partial charge in [-0.25, -0.2) is 0 Å². The molecule has 0 saturated heterocycles. The average molecular weight is 318 g/mol. The summed E-state index contributed by atoms with van der Waals surface area (Å²) in [6, 6.07) is 0. The fraction of sp³-hybridized carbons (Fsp3) is 0.562. The summed E-state index contributed by atoms with van der Waals surface area (Å²) >= 11 is 0. The Balaban J connectivity index is 3.49. The average Bonchev–Trinajstić information content (AvgIpc) is 2.32. The quantitative estimate of drug-likeness (QED) is 0.364. The van der Waals surface area contributed by atoms with Crippen LogP contribution >= 0.6 is 0 Å². The highest BCUT2D eigenvalue weighted by molar-refractivity contribution is 5.67. The third-order valence-electron chi connectivity index (χ3n) is 4.27. The molecule has 0 amide bonds. The minimum atomic E-state index is -4.71. The van der Waals surface area contributed by atoms with Crippen molar-refractivity contribution >= 4 is 6.29 Å². The number of aldehydes is 1. The normalized spacial score (nSPS) is 30.0. The molecule has 2 N–H and O–H groups in total. The summed E-state index contributed by atoms with van der Waals surface area (Å²) < 4.78 is 39.4. The van der Waals surface area contributed by atoms with Crippen LogP contribution in [0.5, 0.6) is 0 Å². The van der Waals surface area contributed by atoms with Gasteiger partial charge in [0.05, 0.1) is 11.7 Å². The molecule has 0 aromatic rings. The van der Waals surface area contributed by atoms with E-state index in [1.54, 1.807) is 20.8 Å². The molecule has 1 aliphatic rings. The van der Waals surface area contributed by atoms with E-state index in [0.29, 0.717) is 11.9 Å². The summed E-state index contributed by atoms with van der Waals surface area (Å²) in [5, 5.41) is 20.7. The van der Waals surface area contributed by atoms with Gasteiger partial charge in [0.15, 0.2) is 0 Å². The summed E-state index contributed by atoms with van der Waals surface area (Å²) in [6.45, 7) is 5.96. The van der Waals surface area contributed by atoms with E-state index in [0.717, 1.165) is 0 Å². The smallest absolute Gasteiger partial charge is 0.388 e. The Bertz CT molecular complexity index is 541. The molecule has 0 fully saturated rings. The second kappa shape index (κ2) is 6.01. The lowest BCUT2D eigenvalue weighted by Crippen LogP contribution is -2.52. The van der Waals surface area contributed by atoms with E-state index in [-0.39, 0.29) is 12.0 Å². The number of rotatable bonds is 3. The molecule has 0 spiro atoms. The second-order valence-electron chi connectivity index (χ2n) is 6.29. The van der Waals surface area contributed by atoms with E-state index in [9.17, 15) is 28.2 Å². The van der Waals surface area contributed by atoms with Crippen molar-refractivity contribution in [2.45, 2.75) is 52.0 Å². The van der Waals surface area contributed by atoms with Crippen molar-refractivity contribution < 1.29 is 28.2 Å². The molecule has 2 atom stereocenters. The van der Waals surface area contributed by atoms with Crippen LogP contribution in [0.3, 0.4) is 0 Å². The third-order valence-corrected chi connectivity index (χ3v) is 4.27. The maximum atomic E-state index is 13.1. The first-order chi connectivity index (χ1) is 9.87. The topological polar surface area (TPSA) is 57.5 Å². The first-order valence-electron chi connectivity index (χ1n) is 6.87. The van der Waals surface area contributed by atoms with Crippen molar-refractivity contribution in [3.8, 4) is 0 Å². The van der Waals surface area contributed by atoms with Crippen LogP contribution in [0.1, 0.15) is 34.1 Å². The Morgan fingerprint density at radius 1 is 1.36 bits per heavy atom. The number of halogens is 3. The van der Waals surface area contributed by atoms with Crippen molar-refractivity contribution in [3.63, 3.8) is 0 Å². The lowest BCUT2D eigenvalue weighted by atomic mass is 9.62. The molecule has 0 aromatic carbocycles. The van der Waals surface area contributed by atoms with Gasteiger partial charge in [-0.2, -0.15) is 13.2 Å². The zero-order valence-electron chi connectivity index (χ0n) is 13.0. The van der Waals surface area contributed by atoms with E-state index >= 15 is 0 Å². The molecule has 0 aliphatic heterocycles. The molecule has 1 rings (SSSR count). The first kappa shape index (κ1) is 18.6. The van der Waals surface area contributed by atoms with Crippen LogP contribution in [0, 0.1) is 5.41 Å². The van der Waals surface area contributed by atoms with E-state index in [1.165, 1.54) is 25.2 Å². The molecule has 6 heteroatoms. The maximum absolute atomic E-state index is 13.1. The van der Waals surface area contributed by atoms with Gasteiger partial charge >= 0.3 is 6.18 Å². The van der Waals surface area contributed by atoms with Crippen molar-refractivity contribution in [1.82, 2.24) is 0 Å². The monoisotopic (exact) mass is 318 g/mol. The molecule has 0 aromatic heterocycles. The summed E-state index contributed by atoms with van der Waals surface area (Å²) in [6.07, 6.45) is -2.14. The van der Waals surface area contributed by atoms with E-state index in [4.69, 9.17) is 0 Å². The number of allylic oxidation sites excluding steroid dienone is 3. The summed E-state index contributed by atoms with van der Waals surface area (Å²) in [4.78, 5) is 10.4. The molecule has 2 unspecified atom stereocenters. The van der Waals surface area contributed by atoms with Crippen molar-refractivity contribution in [2.75, 3.05) is 0 Å². The molecule has 0 heterocycles. The Hall–Kier alpha value is -1.40. The second-order valence-corrected chi connectivity index (χ2v) is 6.29. The fourth-order valence-electron chi connectivity index (χ4n) is 2.87. The van der Waals surface area contributed by atoms with Gasteiger partial charge in [-0.1, -0.05) is 19.9 Å². The molecule has 22 heavy (non-hydrogen) atoms. The van der Waals surface area contributed by atoms with Gasteiger partial charge in [0.1, 0.15) is 11.9 Å². The van der Waals surface area contributed by atoms with Crippen molar-refractivity contribution in [1.29, 1.82) is 0 Å². The van der Waals surface area contributed by atoms with E-state index in [2.05, 4.69) is 0 Å². The van der Waals surface area contributed by atoms with Gasteiger partial charge in [0.25, 0.3) is 0 Å². The number of hydrogen-bond donors (Lipinski definition) is 2. The fourth-order valence-corrected chi connectivity index (χ4v) is 2.87. The minimum Gasteiger partial charge on any atom is -0.388 e. The van der Waals surface area contributed by atoms with Crippen LogP contribution < -0.4 is 0 Å². The van der Waals surface area contributed by atoms with Crippen LogP contribution in [-0.4, -0.2) is 34.4 Å². The highest BCUT2D eigenvalue weighted by Crippen LogP contribution is 2.51. The third kappa shape index (κ3) is 3.33. The van der Waals surface area contributed by atoms with Crippen LogP contribution in [0.2, 0.25) is 0 Å². The van der Waals surface area contributed by atoms with E-state index in [1.807, 2.05) is 0 Å². The molecule has 0 bridgehead atoms. The van der Waals surface area contributed by atoms with Gasteiger partial charge in [0.2, 0.25) is 0 Å². The molecule has 0 saturated carbocycles. The van der Waals surface area contributed by atoms with Crippen molar-refractivity contribution in [2.24, 2.45) is 5.41 Å². The Morgan fingerprint density at radius 3 is 2.36 bits per heavy atom. The molecular weight excluding hydrogens is 297 g/mol. The molecular formula is C16H21F3O3. The molecule has 124 valence electrons. The summed E-state index contributed by atoms with van der Waals surface area (Å²) in [7, 11) is 0. The van der Waals surface area contributed by atoms with Gasteiger partial charge in [0, 0.05) is 5.41 Å². The number of aliphatic hydroxyl groups excluding tert-OH is 1. The lowest BCUT2D eigenvalue weighted by molar-refractivity contribution is -0.125. The number of hydrogen-bond acceptors (Lipinski definition) is 3. The zero-order chi connectivity index (χ0) is 17.3. The lowest BCUT2D eigenvalue weighted by Gasteiger charge is -2.48. The SMILES string of the molecule is CC(C=CC1(O)C(C)=C(C(F)(F)F)C(O)CC1(C)C)=CC=O. The van der Waals surface area contributed by atoms with Crippen LogP contribution in [0.25, 0.3) is 0 Å². The number of carbonyl (C=O) groups excluding carboxylic acids is 1. The van der Waals surface area contributed by atoms with Gasteiger partial charge < -0.3 is 10.2 Å². The van der Waals surface area contributed by atoms with E-state index < -0.39 is 28.9 Å². The maximum Gasteiger partial charge on any atom is 0.415 e. The number of alkyl halides is 3. The molecule has 0 radical (unpaired) electrons.